The van der Waals surface area contributed by atoms with Gasteiger partial charge in [0.1, 0.15) is 5.82 Å². The highest BCUT2D eigenvalue weighted by Crippen LogP contribution is 2.21. The van der Waals surface area contributed by atoms with Crippen molar-refractivity contribution >= 4 is 29.1 Å². The Morgan fingerprint density at radius 1 is 1.05 bits per heavy atom. The van der Waals surface area contributed by atoms with Gasteiger partial charge < -0.3 is 5.32 Å². The van der Waals surface area contributed by atoms with Gasteiger partial charge in [-0.25, -0.2) is 4.39 Å². The van der Waals surface area contributed by atoms with Gasteiger partial charge in [0.15, 0.2) is 0 Å². The lowest BCUT2D eigenvalue weighted by Gasteiger charge is -2.08. The summed E-state index contributed by atoms with van der Waals surface area (Å²) < 4.78 is 13.7. The van der Waals surface area contributed by atoms with Crippen LogP contribution in [0.4, 0.5) is 10.1 Å². The summed E-state index contributed by atoms with van der Waals surface area (Å²) in [6, 6.07) is 9.25. The highest BCUT2D eigenvalue weighted by molar-refractivity contribution is 6.30. The number of imide groups is 1. The lowest BCUT2D eigenvalue weighted by atomic mass is 10.1. The highest BCUT2D eigenvalue weighted by atomic mass is 35.5. The third-order valence-corrected chi connectivity index (χ3v) is 3.47. The van der Waals surface area contributed by atoms with Gasteiger partial charge in [0.05, 0.1) is 11.1 Å². The molecule has 3 rings (SSSR count). The minimum absolute atomic E-state index is 0.247. The number of rotatable bonds is 3. The van der Waals surface area contributed by atoms with E-state index >= 15 is 0 Å². The molecule has 0 radical (unpaired) electrons. The molecule has 1 aliphatic heterocycles. The van der Waals surface area contributed by atoms with Gasteiger partial charge in [-0.3, -0.25) is 14.9 Å². The Hall–Kier alpha value is -2.40. The number of hydrogen-bond donors (Lipinski definition) is 2. The maximum atomic E-state index is 13.7. The van der Waals surface area contributed by atoms with E-state index in [1.54, 1.807) is 30.3 Å². The van der Waals surface area contributed by atoms with Gasteiger partial charge in [0, 0.05) is 22.8 Å². The number of carbonyl (C=O) groups is 2. The minimum Gasteiger partial charge on any atom is -0.381 e. The predicted octanol–water partition coefficient (Wildman–Crippen LogP) is 2.97. The molecule has 2 amide bonds. The fourth-order valence-corrected chi connectivity index (χ4v) is 2.30. The average Bonchev–Trinajstić information content (AvgIpc) is 2.73. The number of hydrogen-bond acceptors (Lipinski definition) is 3. The molecule has 0 aromatic heterocycles. The van der Waals surface area contributed by atoms with E-state index in [0.717, 1.165) is 0 Å². The van der Waals surface area contributed by atoms with Gasteiger partial charge >= 0.3 is 0 Å². The first-order chi connectivity index (χ1) is 10.0. The SMILES string of the molecule is O=C1NC(=O)c2cc(NCc3ccc(Cl)cc3F)ccc21. The van der Waals surface area contributed by atoms with E-state index in [2.05, 4.69) is 10.6 Å². The fraction of sp³-hybridized carbons (Fsp3) is 0.0667. The van der Waals surface area contributed by atoms with E-state index in [1.165, 1.54) is 6.07 Å². The first kappa shape index (κ1) is 13.6. The number of nitrogens with one attached hydrogen (secondary N) is 2. The molecule has 4 nitrogen and oxygen atoms in total. The molecule has 0 aliphatic carbocycles. The Labute approximate surface area is 124 Å². The summed E-state index contributed by atoms with van der Waals surface area (Å²) in [7, 11) is 0. The van der Waals surface area contributed by atoms with Crippen LogP contribution in [-0.2, 0) is 6.54 Å². The third-order valence-electron chi connectivity index (χ3n) is 3.23. The topological polar surface area (TPSA) is 58.2 Å². The van der Waals surface area contributed by atoms with Crippen molar-refractivity contribution in [1.29, 1.82) is 0 Å². The van der Waals surface area contributed by atoms with Gasteiger partial charge in [-0.05, 0) is 30.3 Å². The summed E-state index contributed by atoms with van der Waals surface area (Å²) in [5, 5.41) is 5.57. The van der Waals surface area contributed by atoms with Crippen LogP contribution in [0.15, 0.2) is 36.4 Å². The van der Waals surface area contributed by atoms with Gasteiger partial charge in [0.2, 0.25) is 0 Å². The van der Waals surface area contributed by atoms with Crippen molar-refractivity contribution in [3.8, 4) is 0 Å². The second kappa shape index (κ2) is 5.18. The van der Waals surface area contributed by atoms with Crippen LogP contribution < -0.4 is 10.6 Å². The van der Waals surface area contributed by atoms with Crippen LogP contribution in [0.25, 0.3) is 0 Å². The predicted molar refractivity (Wildman–Crippen MR) is 77.0 cm³/mol. The van der Waals surface area contributed by atoms with Gasteiger partial charge in [-0.2, -0.15) is 0 Å². The lowest BCUT2D eigenvalue weighted by Crippen LogP contribution is -2.19. The summed E-state index contributed by atoms with van der Waals surface area (Å²) in [6.07, 6.45) is 0. The molecule has 0 unspecified atom stereocenters. The Morgan fingerprint density at radius 2 is 1.81 bits per heavy atom. The number of carbonyl (C=O) groups excluding carboxylic acids is 2. The molecule has 1 heterocycles. The van der Waals surface area contributed by atoms with Crippen molar-refractivity contribution in [3.05, 3.63) is 63.9 Å². The number of amides is 2. The summed E-state index contributed by atoms with van der Waals surface area (Å²) in [4.78, 5) is 23.0. The molecule has 106 valence electrons. The molecule has 2 aromatic carbocycles. The van der Waals surface area contributed by atoms with E-state index in [-0.39, 0.29) is 6.54 Å². The van der Waals surface area contributed by atoms with Crippen molar-refractivity contribution in [1.82, 2.24) is 5.32 Å². The van der Waals surface area contributed by atoms with E-state index in [1.807, 2.05) is 0 Å². The second-order valence-electron chi connectivity index (χ2n) is 4.63. The van der Waals surface area contributed by atoms with Crippen molar-refractivity contribution in [2.75, 3.05) is 5.32 Å². The van der Waals surface area contributed by atoms with Gasteiger partial charge in [0.25, 0.3) is 11.8 Å². The molecular formula is C15H10ClFN2O2. The molecule has 0 atom stereocenters. The molecule has 2 aromatic rings. The molecule has 6 heteroatoms. The minimum atomic E-state index is -0.420. The number of halogens is 2. The number of benzene rings is 2. The zero-order valence-corrected chi connectivity index (χ0v) is 11.5. The van der Waals surface area contributed by atoms with Crippen LogP contribution in [0.2, 0.25) is 5.02 Å². The van der Waals surface area contributed by atoms with E-state index in [9.17, 15) is 14.0 Å². The maximum absolute atomic E-state index is 13.7. The van der Waals surface area contributed by atoms with E-state index < -0.39 is 17.6 Å². The molecule has 21 heavy (non-hydrogen) atoms. The quantitative estimate of drug-likeness (QED) is 0.857. The average molecular weight is 305 g/mol. The van der Waals surface area contributed by atoms with Crippen LogP contribution >= 0.6 is 11.6 Å². The van der Waals surface area contributed by atoms with Crippen LogP contribution in [0, 0.1) is 5.82 Å². The highest BCUT2D eigenvalue weighted by Gasteiger charge is 2.26. The number of anilines is 1. The lowest BCUT2D eigenvalue weighted by molar-refractivity contribution is 0.0879. The first-order valence-electron chi connectivity index (χ1n) is 6.22. The largest absolute Gasteiger partial charge is 0.381 e. The molecule has 0 fully saturated rings. The summed E-state index contributed by atoms with van der Waals surface area (Å²) in [5.74, 6) is -1.22. The summed E-state index contributed by atoms with van der Waals surface area (Å²) in [5.41, 5.74) is 1.76. The van der Waals surface area contributed by atoms with Crippen LogP contribution in [0.5, 0.6) is 0 Å². The molecule has 0 saturated carbocycles. The van der Waals surface area contributed by atoms with Crippen LogP contribution in [-0.4, -0.2) is 11.8 Å². The molecule has 2 N–H and O–H groups in total. The van der Waals surface area contributed by atoms with Crippen molar-refractivity contribution in [2.24, 2.45) is 0 Å². The summed E-state index contributed by atoms with van der Waals surface area (Å²) in [6.45, 7) is 0.247. The Morgan fingerprint density at radius 3 is 2.57 bits per heavy atom. The summed E-state index contributed by atoms with van der Waals surface area (Å²) >= 11 is 5.69. The van der Waals surface area contributed by atoms with Crippen molar-refractivity contribution < 1.29 is 14.0 Å². The van der Waals surface area contributed by atoms with Crippen LogP contribution in [0.1, 0.15) is 26.3 Å². The molecular weight excluding hydrogens is 295 g/mol. The fourth-order valence-electron chi connectivity index (χ4n) is 2.14. The monoisotopic (exact) mass is 304 g/mol. The van der Waals surface area contributed by atoms with Crippen molar-refractivity contribution in [2.45, 2.75) is 6.54 Å². The Bertz CT molecular complexity index is 761. The van der Waals surface area contributed by atoms with Crippen LogP contribution in [0.3, 0.4) is 0 Å². The van der Waals surface area contributed by atoms with Crippen molar-refractivity contribution in [3.63, 3.8) is 0 Å². The normalized spacial score (nSPS) is 13.0. The zero-order chi connectivity index (χ0) is 15.0. The zero-order valence-electron chi connectivity index (χ0n) is 10.7. The maximum Gasteiger partial charge on any atom is 0.259 e. The molecule has 1 aliphatic rings. The third kappa shape index (κ3) is 2.60. The Balaban J connectivity index is 1.79. The Kier molecular flexibility index (Phi) is 3.35. The molecule has 0 bridgehead atoms. The molecule has 0 spiro atoms. The smallest absolute Gasteiger partial charge is 0.259 e. The first-order valence-corrected chi connectivity index (χ1v) is 6.60. The van der Waals surface area contributed by atoms with Gasteiger partial charge in [-0.1, -0.05) is 17.7 Å². The van der Waals surface area contributed by atoms with E-state index in [4.69, 9.17) is 11.6 Å². The second-order valence-corrected chi connectivity index (χ2v) is 5.07. The standard InChI is InChI=1S/C15H10ClFN2O2/c16-9-2-1-8(13(17)5-9)7-18-10-3-4-11-12(6-10)15(21)19-14(11)20/h1-6,18H,7H2,(H,19,20,21). The van der Waals surface area contributed by atoms with E-state index in [0.29, 0.717) is 27.4 Å². The number of fused-ring (bicyclic) bond motifs is 1. The molecule has 0 saturated heterocycles. The van der Waals surface area contributed by atoms with Gasteiger partial charge in [-0.15, -0.1) is 0 Å².